The van der Waals surface area contributed by atoms with Crippen LogP contribution in [0.1, 0.15) is 76.0 Å². The number of rotatable bonds is 4. The third kappa shape index (κ3) is 5.00. The number of benzene rings is 2. The van der Waals surface area contributed by atoms with Crippen LogP contribution in [0, 0.1) is 12.3 Å². The second-order valence-corrected chi connectivity index (χ2v) is 11.3. The molecule has 2 aliphatic carbocycles. The molecule has 0 unspecified atom stereocenters. The number of nitrogens with zero attached hydrogens (tertiary/aromatic N) is 1. The summed E-state index contributed by atoms with van der Waals surface area (Å²) in [5.74, 6) is 0.191. The van der Waals surface area contributed by atoms with Crippen LogP contribution in [0.2, 0.25) is 0 Å². The normalized spacial score (nSPS) is 22.1. The highest BCUT2D eigenvalue weighted by Crippen LogP contribution is 2.48. The molecule has 1 saturated carbocycles. The molecule has 0 bridgehead atoms. The average molecular weight is 472 g/mol. The molecule has 184 valence electrons. The highest BCUT2D eigenvalue weighted by Gasteiger charge is 2.42. The van der Waals surface area contributed by atoms with Crippen molar-refractivity contribution in [3.05, 3.63) is 70.9 Å². The Balaban J connectivity index is 1.60. The first-order valence-electron chi connectivity index (χ1n) is 13.1. The molecule has 0 radical (unpaired) electrons. The number of para-hydroxylation sites is 2. The van der Waals surface area contributed by atoms with E-state index < -0.39 is 0 Å². The monoisotopic (exact) mass is 471 g/mol. The van der Waals surface area contributed by atoms with E-state index in [9.17, 15) is 9.59 Å². The van der Waals surface area contributed by atoms with Gasteiger partial charge in [0.05, 0.1) is 24.0 Å². The molecule has 1 amide bonds. The number of carbonyl (C=O) groups excluding carboxylic acids is 2. The number of aryl methyl sites for hydroxylation is 1. The summed E-state index contributed by atoms with van der Waals surface area (Å²) >= 11 is 0. The molecule has 0 aromatic heterocycles. The second kappa shape index (κ2) is 9.52. The van der Waals surface area contributed by atoms with Gasteiger partial charge in [0.1, 0.15) is 0 Å². The number of nitrogens with one attached hydrogen (secondary N) is 2. The number of hydrogen-bond acceptors (Lipinski definition) is 4. The Morgan fingerprint density at radius 1 is 1.03 bits per heavy atom. The lowest BCUT2D eigenvalue weighted by atomic mass is 9.73. The Kier molecular flexibility index (Phi) is 6.43. The maximum atomic E-state index is 13.7. The molecule has 5 nitrogen and oxygen atoms in total. The maximum Gasteiger partial charge on any atom is 0.239 e. The fraction of sp³-hybridized carbons (Fsp3) is 0.467. The van der Waals surface area contributed by atoms with Gasteiger partial charge in [0, 0.05) is 23.7 Å². The van der Waals surface area contributed by atoms with Gasteiger partial charge in [-0.3, -0.25) is 9.59 Å². The van der Waals surface area contributed by atoms with E-state index in [0.717, 1.165) is 47.5 Å². The quantitative estimate of drug-likeness (QED) is 0.569. The molecule has 1 heterocycles. The van der Waals surface area contributed by atoms with Crippen molar-refractivity contribution in [3.63, 3.8) is 0 Å². The summed E-state index contributed by atoms with van der Waals surface area (Å²) in [6.45, 7) is 6.59. The minimum atomic E-state index is -0.317. The first-order valence-corrected chi connectivity index (χ1v) is 13.1. The standard InChI is InChI=1S/C30H37N3O2/c1-20-13-15-21(16-14-20)29-28-24(17-30(2,3)18-26(28)34)32-23-11-7-8-12-25(23)33(29)19-27(35)31-22-9-5-4-6-10-22/h7-8,11-16,22,29,32H,4-6,9-10,17-19H2,1-3H3,(H,31,35)/t29-/m1/s1. The second-order valence-electron chi connectivity index (χ2n) is 11.3. The van der Waals surface area contributed by atoms with E-state index in [4.69, 9.17) is 0 Å². The van der Waals surface area contributed by atoms with Crippen molar-refractivity contribution in [2.45, 2.75) is 77.8 Å². The Hall–Kier alpha value is -3.08. The largest absolute Gasteiger partial charge is 0.357 e. The van der Waals surface area contributed by atoms with Gasteiger partial charge in [-0.15, -0.1) is 0 Å². The zero-order chi connectivity index (χ0) is 24.6. The van der Waals surface area contributed by atoms with Gasteiger partial charge in [-0.1, -0.05) is 75.1 Å². The number of Topliss-reactive ketones (excluding diaryl/α,β-unsaturated/α-hetero) is 1. The molecule has 3 aliphatic rings. The summed E-state index contributed by atoms with van der Waals surface area (Å²) in [6, 6.07) is 16.5. The maximum absolute atomic E-state index is 13.7. The summed E-state index contributed by atoms with van der Waals surface area (Å²) in [5.41, 5.74) is 5.80. The van der Waals surface area contributed by atoms with E-state index >= 15 is 0 Å². The van der Waals surface area contributed by atoms with Gasteiger partial charge in [0.2, 0.25) is 5.91 Å². The van der Waals surface area contributed by atoms with E-state index in [1.165, 1.54) is 24.8 Å². The summed E-state index contributed by atoms with van der Waals surface area (Å²) in [5, 5.41) is 6.92. The van der Waals surface area contributed by atoms with Crippen LogP contribution in [0.4, 0.5) is 11.4 Å². The van der Waals surface area contributed by atoms with Gasteiger partial charge in [-0.05, 0) is 49.3 Å². The topological polar surface area (TPSA) is 61.4 Å². The van der Waals surface area contributed by atoms with Gasteiger partial charge < -0.3 is 15.5 Å². The van der Waals surface area contributed by atoms with E-state index in [2.05, 4.69) is 72.7 Å². The fourth-order valence-corrected chi connectivity index (χ4v) is 6.00. The molecule has 35 heavy (non-hydrogen) atoms. The first-order chi connectivity index (χ1) is 16.8. The number of allylic oxidation sites excluding steroid dienone is 1. The van der Waals surface area contributed by atoms with Gasteiger partial charge in [-0.25, -0.2) is 0 Å². The third-order valence-electron chi connectivity index (χ3n) is 7.68. The summed E-state index contributed by atoms with van der Waals surface area (Å²) in [6.07, 6.45) is 7.01. The highest BCUT2D eigenvalue weighted by atomic mass is 16.2. The molecule has 1 atom stereocenters. The minimum absolute atomic E-state index is 0.0245. The van der Waals surface area contributed by atoms with Gasteiger partial charge in [-0.2, -0.15) is 0 Å². The minimum Gasteiger partial charge on any atom is -0.357 e. The number of carbonyl (C=O) groups is 2. The lowest BCUT2D eigenvalue weighted by Crippen LogP contribution is -2.45. The average Bonchev–Trinajstić information content (AvgIpc) is 2.94. The van der Waals surface area contributed by atoms with Crippen LogP contribution in [-0.4, -0.2) is 24.3 Å². The lowest BCUT2D eigenvalue weighted by Gasteiger charge is -2.38. The van der Waals surface area contributed by atoms with Gasteiger partial charge in [0.25, 0.3) is 0 Å². The van der Waals surface area contributed by atoms with Crippen molar-refractivity contribution in [1.82, 2.24) is 5.32 Å². The summed E-state index contributed by atoms with van der Waals surface area (Å²) < 4.78 is 0. The number of anilines is 2. The Morgan fingerprint density at radius 2 is 1.74 bits per heavy atom. The molecule has 1 fully saturated rings. The van der Waals surface area contributed by atoms with E-state index in [-0.39, 0.29) is 35.7 Å². The van der Waals surface area contributed by atoms with Gasteiger partial charge >= 0.3 is 0 Å². The van der Waals surface area contributed by atoms with Crippen LogP contribution in [0.3, 0.4) is 0 Å². The number of fused-ring (bicyclic) bond motifs is 1. The number of ketones is 1. The van der Waals surface area contributed by atoms with Crippen molar-refractivity contribution in [2.24, 2.45) is 5.41 Å². The zero-order valence-corrected chi connectivity index (χ0v) is 21.2. The van der Waals surface area contributed by atoms with E-state index in [1.807, 2.05) is 12.1 Å². The zero-order valence-electron chi connectivity index (χ0n) is 21.2. The molecule has 5 rings (SSSR count). The van der Waals surface area contributed by atoms with Crippen molar-refractivity contribution < 1.29 is 9.59 Å². The molecular weight excluding hydrogens is 434 g/mol. The number of amides is 1. The van der Waals surface area contributed by atoms with Crippen LogP contribution in [-0.2, 0) is 9.59 Å². The van der Waals surface area contributed by atoms with Crippen molar-refractivity contribution in [3.8, 4) is 0 Å². The third-order valence-corrected chi connectivity index (χ3v) is 7.68. The predicted octanol–water partition coefficient (Wildman–Crippen LogP) is 6.06. The summed E-state index contributed by atoms with van der Waals surface area (Å²) in [4.78, 5) is 29.3. The van der Waals surface area contributed by atoms with Crippen LogP contribution in [0.15, 0.2) is 59.8 Å². The molecule has 2 aromatic carbocycles. The Morgan fingerprint density at radius 3 is 2.49 bits per heavy atom. The molecular formula is C30H37N3O2. The molecule has 2 N–H and O–H groups in total. The molecule has 5 heteroatoms. The molecule has 0 saturated heterocycles. The van der Waals surface area contributed by atoms with Gasteiger partial charge in [0.15, 0.2) is 5.78 Å². The first kappa shape index (κ1) is 23.7. The summed E-state index contributed by atoms with van der Waals surface area (Å²) in [7, 11) is 0. The molecule has 1 aliphatic heterocycles. The van der Waals surface area contributed by atoms with E-state index in [0.29, 0.717) is 6.42 Å². The fourth-order valence-electron chi connectivity index (χ4n) is 6.00. The molecule has 0 spiro atoms. The Bertz CT molecular complexity index is 1140. The SMILES string of the molecule is Cc1ccc([C@@H]2C3=C(CC(C)(C)CC3=O)Nc3ccccc3N2CC(=O)NC2CCCCC2)cc1. The van der Waals surface area contributed by atoms with Crippen LogP contribution < -0.4 is 15.5 Å². The smallest absolute Gasteiger partial charge is 0.239 e. The predicted molar refractivity (Wildman–Crippen MR) is 141 cm³/mol. The van der Waals surface area contributed by atoms with Crippen LogP contribution in [0.5, 0.6) is 0 Å². The van der Waals surface area contributed by atoms with Crippen molar-refractivity contribution in [1.29, 1.82) is 0 Å². The lowest BCUT2D eigenvalue weighted by molar-refractivity contribution is -0.121. The Labute approximate surface area is 209 Å². The number of hydrogen-bond donors (Lipinski definition) is 2. The highest BCUT2D eigenvalue weighted by molar-refractivity contribution is 6.01. The van der Waals surface area contributed by atoms with Crippen LogP contribution in [0.25, 0.3) is 0 Å². The molecule has 2 aromatic rings. The van der Waals surface area contributed by atoms with Crippen LogP contribution >= 0.6 is 0 Å². The van der Waals surface area contributed by atoms with Crippen molar-refractivity contribution >= 4 is 23.1 Å². The van der Waals surface area contributed by atoms with E-state index in [1.54, 1.807) is 0 Å². The van der Waals surface area contributed by atoms with Crippen molar-refractivity contribution in [2.75, 3.05) is 16.8 Å².